The standard InChI is InChI=1S/C55H42N2O2/c1-33-17-28-49-46(31-33)55(44-15-8-6-11-39(44)40-12-7-9-16-45(40)55)47-32-34(2)18-29-50(47)57(49)48-30-27-43-51-41(48)13-10-14-42(51)52(58)56(53(43)59)38-25-21-36(22-26-38)35-19-23-37(24-20-35)54(3,4)5/h6-32H,1-5H3. The molecule has 4 heteroatoms. The second-order valence-electron chi connectivity index (χ2n) is 17.4. The Kier molecular flexibility index (Phi) is 7.43. The van der Waals surface area contributed by atoms with Crippen molar-refractivity contribution in [2.45, 2.75) is 45.4 Å². The van der Waals surface area contributed by atoms with Crippen molar-refractivity contribution in [3.8, 4) is 22.3 Å². The molecule has 2 aliphatic heterocycles. The van der Waals surface area contributed by atoms with E-state index in [4.69, 9.17) is 0 Å². The van der Waals surface area contributed by atoms with Gasteiger partial charge >= 0.3 is 0 Å². The Morgan fingerprint density at radius 1 is 0.441 bits per heavy atom. The minimum atomic E-state index is -0.545. The van der Waals surface area contributed by atoms with E-state index in [1.54, 1.807) is 0 Å². The first-order chi connectivity index (χ1) is 28.6. The highest BCUT2D eigenvalue weighted by Gasteiger charge is 2.52. The number of imide groups is 1. The van der Waals surface area contributed by atoms with Gasteiger partial charge in [0.05, 0.1) is 28.2 Å². The van der Waals surface area contributed by atoms with E-state index in [1.165, 1.54) is 55.0 Å². The Morgan fingerprint density at radius 3 is 1.49 bits per heavy atom. The molecule has 8 aromatic carbocycles. The van der Waals surface area contributed by atoms with Crippen molar-refractivity contribution in [2.75, 3.05) is 9.80 Å². The summed E-state index contributed by atoms with van der Waals surface area (Å²) in [7, 11) is 0. The highest BCUT2D eigenvalue weighted by molar-refractivity contribution is 6.36. The van der Waals surface area contributed by atoms with Crippen LogP contribution in [0, 0.1) is 13.8 Å². The lowest BCUT2D eigenvalue weighted by molar-refractivity contribution is 0.0893. The Morgan fingerprint density at radius 2 is 0.932 bits per heavy atom. The molecule has 2 heterocycles. The van der Waals surface area contributed by atoms with E-state index in [2.05, 4.69) is 161 Å². The number of hydrogen-bond donors (Lipinski definition) is 0. The molecule has 0 fully saturated rings. The topological polar surface area (TPSA) is 40.6 Å². The fraction of sp³-hybridized carbons (Fsp3) is 0.127. The molecular formula is C55H42N2O2. The van der Waals surface area contributed by atoms with Crippen LogP contribution in [0.4, 0.5) is 22.7 Å². The summed E-state index contributed by atoms with van der Waals surface area (Å²) >= 11 is 0. The quantitative estimate of drug-likeness (QED) is 0.168. The van der Waals surface area contributed by atoms with E-state index in [0.29, 0.717) is 22.2 Å². The Balaban J connectivity index is 1.06. The normalized spacial score (nSPS) is 14.7. The zero-order valence-corrected chi connectivity index (χ0v) is 33.8. The van der Waals surface area contributed by atoms with E-state index >= 15 is 0 Å². The summed E-state index contributed by atoms with van der Waals surface area (Å²) in [5.74, 6) is -0.646. The first kappa shape index (κ1) is 35.1. The number of amides is 2. The predicted octanol–water partition coefficient (Wildman–Crippen LogP) is 13.4. The molecule has 4 nitrogen and oxygen atoms in total. The second kappa shape index (κ2) is 12.5. The summed E-state index contributed by atoms with van der Waals surface area (Å²) in [6, 6.07) is 57.5. The van der Waals surface area contributed by atoms with E-state index in [1.807, 2.05) is 42.5 Å². The molecule has 8 aromatic rings. The molecule has 0 saturated heterocycles. The Hall–Kier alpha value is -7.04. The molecule has 1 spiro atoms. The average Bonchev–Trinajstić information content (AvgIpc) is 3.54. The van der Waals surface area contributed by atoms with Crippen molar-refractivity contribution in [2.24, 2.45) is 0 Å². The monoisotopic (exact) mass is 762 g/mol. The van der Waals surface area contributed by atoms with E-state index in [-0.39, 0.29) is 17.2 Å². The summed E-state index contributed by atoms with van der Waals surface area (Å²) < 4.78 is 0. The van der Waals surface area contributed by atoms with Crippen LogP contribution in [0.2, 0.25) is 0 Å². The van der Waals surface area contributed by atoms with Crippen molar-refractivity contribution in [1.29, 1.82) is 0 Å². The summed E-state index contributed by atoms with van der Waals surface area (Å²) in [5.41, 5.74) is 17.4. The van der Waals surface area contributed by atoms with Gasteiger partial charge in [0.1, 0.15) is 0 Å². The summed E-state index contributed by atoms with van der Waals surface area (Å²) in [6.45, 7) is 11.0. The van der Waals surface area contributed by atoms with Crippen LogP contribution < -0.4 is 9.80 Å². The van der Waals surface area contributed by atoms with Crippen molar-refractivity contribution < 1.29 is 9.59 Å². The van der Waals surface area contributed by atoms with Gasteiger partial charge in [0.15, 0.2) is 0 Å². The molecule has 11 rings (SSSR count). The molecule has 0 N–H and O–H groups in total. The van der Waals surface area contributed by atoms with Gasteiger partial charge in [-0.05, 0) is 112 Å². The zero-order chi connectivity index (χ0) is 40.4. The summed E-state index contributed by atoms with van der Waals surface area (Å²) in [4.78, 5) is 32.8. The van der Waals surface area contributed by atoms with Crippen molar-refractivity contribution >= 4 is 45.3 Å². The lowest BCUT2D eigenvalue weighted by atomic mass is 9.64. The Bertz CT molecular complexity index is 2970. The molecule has 0 saturated carbocycles. The Labute approximate surface area is 345 Å². The number of carbonyl (C=O) groups is 2. The van der Waals surface area contributed by atoms with E-state index in [9.17, 15) is 9.59 Å². The zero-order valence-electron chi connectivity index (χ0n) is 33.8. The number of aryl methyl sites for hydroxylation is 2. The minimum Gasteiger partial charge on any atom is -0.309 e. The molecule has 0 unspecified atom stereocenters. The van der Waals surface area contributed by atoms with Gasteiger partial charge in [0.25, 0.3) is 11.8 Å². The number of nitrogens with zero attached hydrogens (tertiary/aromatic N) is 2. The van der Waals surface area contributed by atoms with Crippen LogP contribution in [0.1, 0.15) is 80.4 Å². The smallest absolute Gasteiger partial charge is 0.265 e. The van der Waals surface area contributed by atoms with Gasteiger partial charge in [-0.25, -0.2) is 4.90 Å². The highest BCUT2D eigenvalue weighted by atomic mass is 16.2. The second-order valence-corrected chi connectivity index (χ2v) is 17.4. The number of fused-ring (bicyclic) bond motifs is 9. The van der Waals surface area contributed by atoms with Gasteiger partial charge in [0, 0.05) is 21.9 Å². The van der Waals surface area contributed by atoms with Crippen molar-refractivity contribution in [1.82, 2.24) is 0 Å². The highest BCUT2D eigenvalue weighted by Crippen LogP contribution is 2.64. The van der Waals surface area contributed by atoms with Crippen LogP contribution in [0.3, 0.4) is 0 Å². The molecule has 0 atom stereocenters. The third-order valence-electron chi connectivity index (χ3n) is 12.9. The van der Waals surface area contributed by atoms with Crippen LogP contribution in [0.25, 0.3) is 33.0 Å². The minimum absolute atomic E-state index is 0.0659. The van der Waals surface area contributed by atoms with Gasteiger partial charge in [-0.2, -0.15) is 0 Å². The molecule has 0 radical (unpaired) electrons. The fourth-order valence-corrected chi connectivity index (χ4v) is 10.1. The van der Waals surface area contributed by atoms with Gasteiger partial charge in [-0.3, -0.25) is 9.59 Å². The molecular weight excluding hydrogens is 721 g/mol. The van der Waals surface area contributed by atoms with Crippen molar-refractivity contribution in [3.05, 3.63) is 214 Å². The molecule has 59 heavy (non-hydrogen) atoms. The summed E-state index contributed by atoms with van der Waals surface area (Å²) in [6.07, 6.45) is 0. The maximum absolute atomic E-state index is 14.6. The molecule has 0 bridgehead atoms. The van der Waals surface area contributed by atoms with Crippen LogP contribution in [0.15, 0.2) is 164 Å². The predicted molar refractivity (Wildman–Crippen MR) is 241 cm³/mol. The lowest BCUT2D eigenvalue weighted by Crippen LogP contribution is -2.40. The third-order valence-corrected chi connectivity index (χ3v) is 12.9. The number of anilines is 4. The maximum Gasteiger partial charge on any atom is 0.265 e. The maximum atomic E-state index is 14.6. The van der Waals surface area contributed by atoms with Gasteiger partial charge in [-0.15, -0.1) is 0 Å². The fourth-order valence-electron chi connectivity index (χ4n) is 10.1. The summed E-state index contributed by atoms with van der Waals surface area (Å²) in [5, 5.41) is 1.54. The van der Waals surface area contributed by atoms with Crippen LogP contribution in [-0.2, 0) is 10.8 Å². The van der Waals surface area contributed by atoms with E-state index in [0.717, 1.165) is 33.6 Å². The van der Waals surface area contributed by atoms with Gasteiger partial charge in [-0.1, -0.05) is 153 Å². The van der Waals surface area contributed by atoms with Gasteiger partial charge < -0.3 is 4.90 Å². The van der Waals surface area contributed by atoms with Crippen molar-refractivity contribution in [3.63, 3.8) is 0 Å². The van der Waals surface area contributed by atoms with Crippen LogP contribution >= 0.6 is 0 Å². The average molecular weight is 763 g/mol. The number of rotatable bonds is 3. The molecule has 2 amide bonds. The number of hydrogen-bond acceptors (Lipinski definition) is 3. The first-order valence-electron chi connectivity index (χ1n) is 20.4. The van der Waals surface area contributed by atoms with Crippen LogP contribution in [-0.4, -0.2) is 11.8 Å². The molecule has 284 valence electrons. The number of benzene rings is 8. The van der Waals surface area contributed by atoms with Gasteiger partial charge in [0.2, 0.25) is 0 Å². The molecule has 1 aliphatic carbocycles. The van der Waals surface area contributed by atoms with E-state index < -0.39 is 5.41 Å². The largest absolute Gasteiger partial charge is 0.309 e. The number of carbonyl (C=O) groups excluding carboxylic acids is 2. The first-order valence-corrected chi connectivity index (χ1v) is 20.4. The third kappa shape index (κ3) is 4.90. The lowest BCUT2D eigenvalue weighted by Gasteiger charge is -2.45. The molecule has 3 aliphatic rings. The molecule has 0 aromatic heterocycles. The SMILES string of the molecule is Cc1ccc2c(c1)C1(c3ccccc3-c3ccccc31)c1cc(C)ccc1N2c1ccc2c3c(cccc13)C(=O)N(c1ccc(-c3ccc(C(C)(C)C)cc3)cc1)C2=O. The van der Waals surface area contributed by atoms with Crippen LogP contribution in [0.5, 0.6) is 0 Å².